The zero-order chi connectivity index (χ0) is 24.3. The molecule has 1 heterocycles. The van der Waals surface area contributed by atoms with E-state index >= 15 is 0 Å². The fraction of sp³-hybridized carbons (Fsp3) is 0.500. The lowest BCUT2D eigenvalue weighted by molar-refractivity contribution is -0.154. The Morgan fingerprint density at radius 1 is 0.806 bits per heavy atom. The number of carbonyl (C=O) groups is 2. The first-order chi connectivity index (χ1) is 17.0. The quantitative estimate of drug-likeness (QED) is 0.586. The Bertz CT molecular complexity index is 1020. The van der Waals surface area contributed by atoms with Crippen molar-refractivity contribution >= 4 is 24.3 Å². The SMILES string of the molecule is C1COCCO1.Cl.N[C@@]1(C(=O)OCc2ccccc2)CC2(CC2)[C@H]2[C@H](C(=O)OCc3ccccc3)[C@H]21. The van der Waals surface area contributed by atoms with Crippen LogP contribution in [0.4, 0.5) is 0 Å². The Hall–Kier alpha value is -2.45. The number of rotatable bonds is 6. The third kappa shape index (κ3) is 5.59. The Labute approximate surface area is 218 Å². The molecule has 2 aromatic carbocycles. The van der Waals surface area contributed by atoms with Crippen LogP contribution in [0.5, 0.6) is 0 Å². The molecule has 1 spiro atoms. The number of halogens is 1. The zero-order valence-corrected chi connectivity index (χ0v) is 21.1. The van der Waals surface area contributed by atoms with E-state index in [1.807, 2.05) is 60.7 Å². The maximum Gasteiger partial charge on any atom is 0.326 e. The minimum atomic E-state index is -1.09. The third-order valence-corrected chi connectivity index (χ3v) is 7.69. The van der Waals surface area contributed by atoms with Gasteiger partial charge in [-0.3, -0.25) is 9.59 Å². The number of carbonyl (C=O) groups excluding carboxylic acids is 2. The lowest BCUT2D eigenvalue weighted by Gasteiger charge is -2.27. The number of hydrogen-bond donors (Lipinski definition) is 1. The Balaban J connectivity index is 0.000000383. The van der Waals surface area contributed by atoms with Crippen molar-refractivity contribution in [1.82, 2.24) is 0 Å². The van der Waals surface area contributed by atoms with Crippen LogP contribution in [0.1, 0.15) is 30.4 Å². The Morgan fingerprint density at radius 2 is 1.31 bits per heavy atom. The largest absolute Gasteiger partial charge is 0.461 e. The Kier molecular flexibility index (Phi) is 8.35. The van der Waals surface area contributed by atoms with E-state index in [0.29, 0.717) is 6.42 Å². The van der Waals surface area contributed by atoms with E-state index in [4.69, 9.17) is 24.7 Å². The number of fused-ring (bicyclic) bond motifs is 2. The fourth-order valence-corrected chi connectivity index (χ4v) is 5.83. The van der Waals surface area contributed by atoms with Gasteiger partial charge in [0.2, 0.25) is 0 Å². The highest BCUT2D eigenvalue weighted by atomic mass is 35.5. The molecule has 0 bridgehead atoms. The summed E-state index contributed by atoms with van der Waals surface area (Å²) in [6, 6.07) is 19.2. The maximum absolute atomic E-state index is 12.9. The zero-order valence-electron chi connectivity index (χ0n) is 20.3. The van der Waals surface area contributed by atoms with Gasteiger partial charge in [-0.1, -0.05) is 60.7 Å². The van der Waals surface area contributed by atoms with E-state index in [9.17, 15) is 9.59 Å². The van der Waals surface area contributed by atoms with Crippen molar-refractivity contribution in [3.63, 3.8) is 0 Å². The first-order valence-electron chi connectivity index (χ1n) is 12.4. The normalized spacial score (nSPS) is 28.5. The molecule has 4 aliphatic rings. The van der Waals surface area contributed by atoms with Crippen LogP contribution in [0.3, 0.4) is 0 Å². The average molecular weight is 516 g/mol. The highest BCUT2D eigenvalue weighted by Crippen LogP contribution is 2.78. The van der Waals surface area contributed by atoms with Crippen LogP contribution in [-0.4, -0.2) is 43.9 Å². The highest BCUT2D eigenvalue weighted by molar-refractivity contribution is 5.87. The van der Waals surface area contributed by atoms with Crippen molar-refractivity contribution in [2.45, 2.75) is 38.0 Å². The van der Waals surface area contributed by atoms with Crippen molar-refractivity contribution in [1.29, 1.82) is 0 Å². The summed E-state index contributed by atoms with van der Waals surface area (Å²) >= 11 is 0. The van der Waals surface area contributed by atoms with Gasteiger partial charge in [0.15, 0.2) is 0 Å². The Morgan fingerprint density at radius 3 is 1.78 bits per heavy atom. The summed E-state index contributed by atoms with van der Waals surface area (Å²) in [6.45, 7) is 3.56. The maximum atomic E-state index is 12.9. The molecule has 0 aromatic heterocycles. The van der Waals surface area contributed by atoms with Gasteiger partial charge in [-0.2, -0.15) is 0 Å². The second-order valence-corrected chi connectivity index (χ2v) is 10.0. The topological polar surface area (TPSA) is 97.1 Å². The van der Waals surface area contributed by atoms with E-state index in [0.717, 1.165) is 50.4 Å². The summed E-state index contributed by atoms with van der Waals surface area (Å²) < 4.78 is 21.0. The number of ether oxygens (including phenoxy) is 4. The van der Waals surface area contributed by atoms with Gasteiger partial charge in [-0.05, 0) is 41.7 Å². The predicted molar refractivity (Wildman–Crippen MR) is 135 cm³/mol. The van der Waals surface area contributed by atoms with Gasteiger partial charge < -0.3 is 24.7 Å². The lowest BCUT2D eigenvalue weighted by Crippen LogP contribution is -2.51. The number of hydrogen-bond acceptors (Lipinski definition) is 7. The minimum Gasteiger partial charge on any atom is -0.461 e. The summed E-state index contributed by atoms with van der Waals surface area (Å²) in [5, 5.41) is 0. The molecule has 2 aromatic rings. The molecule has 36 heavy (non-hydrogen) atoms. The second kappa shape index (κ2) is 11.3. The number of benzene rings is 2. The first kappa shape index (κ1) is 26.6. The second-order valence-electron chi connectivity index (χ2n) is 10.0. The third-order valence-electron chi connectivity index (χ3n) is 7.69. The van der Waals surface area contributed by atoms with Crippen molar-refractivity contribution in [3.8, 4) is 0 Å². The molecule has 4 fully saturated rings. The molecule has 0 unspecified atom stereocenters. The molecular formula is C28H34ClNO6. The van der Waals surface area contributed by atoms with Crippen molar-refractivity contribution < 1.29 is 28.5 Å². The van der Waals surface area contributed by atoms with E-state index in [2.05, 4.69) is 0 Å². The molecule has 6 rings (SSSR count). The summed E-state index contributed by atoms with van der Waals surface area (Å²) in [4.78, 5) is 25.7. The molecule has 0 amide bonds. The van der Waals surface area contributed by atoms with Gasteiger partial charge in [0.25, 0.3) is 0 Å². The molecule has 7 nitrogen and oxygen atoms in total. The molecule has 0 radical (unpaired) electrons. The monoisotopic (exact) mass is 515 g/mol. The number of esters is 2. The molecule has 1 aliphatic heterocycles. The minimum absolute atomic E-state index is 0. The van der Waals surface area contributed by atoms with Gasteiger partial charge in [0.1, 0.15) is 18.8 Å². The van der Waals surface area contributed by atoms with Crippen LogP contribution < -0.4 is 5.73 Å². The highest BCUT2D eigenvalue weighted by Gasteiger charge is 2.81. The summed E-state index contributed by atoms with van der Waals surface area (Å²) in [5.41, 5.74) is 7.44. The standard InChI is InChI=1S/C24H25NO4.C4H8O2.ClH/c25-24(22(27)29-14-17-9-5-2-6-10-17)15-23(11-12-23)19-18(20(19)24)21(26)28-13-16-7-3-1-4-8-16;1-2-6-4-3-5-1;/h1-10,18-20H,11-15,25H2;1-4H2;1H/t18-,19-,20+,24-;;/m0../s1. The van der Waals surface area contributed by atoms with Gasteiger partial charge in [0.05, 0.1) is 32.3 Å². The van der Waals surface area contributed by atoms with Crippen LogP contribution in [0.15, 0.2) is 60.7 Å². The molecule has 1 saturated heterocycles. The van der Waals surface area contributed by atoms with E-state index in [1.54, 1.807) is 0 Å². The van der Waals surface area contributed by atoms with E-state index in [1.165, 1.54) is 0 Å². The molecular weight excluding hydrogens is 482 g/mol. The summed E-state index contributed by atoms with van der Waals surface area (Å²) in [5.74, 6) is -0.931. The van der Waals surface area contributed by atoms with Crippen LogP contribution in [0.25, 0.3) is 0 Å². The van der Waals surface area contributed by atoms with Crippen LogP contribution in [0, 0.1) is 23.2 Å². The molecule has 4 atom stereocenters. The average Bonchev–Trinajstić information content (AvgIpc) is 3.82. The van der Waals surface area contributed by atoms with Crippen LogP contribution >= 0.6 is 12.4 Å². The van der Waals surface area contributed by atoms with Crippen LogP contribution in [0.2, 0.25) is 0 Å². The van der Waals surface area contributed by atoms with Crippen LogP contribution in [-0.2, 0) is 41.8 Å². The van der Waals surface area contributed by atoms with E-state index < -0.39 is 11.5 Å². The van der Waals surface area contributed by atoms with Gasteiger partial charge in [-0.15, -0.1) is 12.4 Å². The van der Waals surface area contributed by atoms with Gasteiger partial charge >= 0.3 is 11.9 Å². The number of nitrogens with two attached hydrogens (primary N) is 1. The summed E-state index contributed by atoms with van der Waals surface area (Å²) in [6.07, 6.45) is 2.68. The van der Waals surface area contributed by atoms with Gasteiger partial charge in [-0.25, -0.2) is 0 Å². The molecule has 3 aliphatic carbocycles. The summed E-state index contributed by atoms with van der Waals surface area (Å²) in [7, 11) is 0. The first-order valence-corrected chi connectivity index (χ1v) is 12.4. The molecule has 2 N–H and O–H groups in total. The van der Waals surface area contributed by atoms with Crippen molar-refractivity contribution in [3.05, 3.63) is 71.8 Å². The smallest absolute Gasteiger partial charge is 0.326 e. The molecule has 3 saturated carbocycles. The molecule has 8 heteroatoms. The van der Waals surface area contributed by atoms with Crippen molar-refractivity contribution in [2.24, 2.45) is 28.9 Å². The molecule has 194 valence electrons. The van der Waals surface area contributed by atoms with Gasteiger partial charge in [0, 0.05) is 5.92 Å². The van der Waals surface area contributed by atoms with E-state index in [-0.39, 0.29) is 54.8 Å². The lowest BCUT2D eigenvalue weighted by atomic mass is 9.86. The predicted octanol–water partition coefficient (Wildman–Crippen LogP) is 3.67. The van der Waals surface area contributed by atoms with Crippen molar-refractivity contribution in [2.75, 3.05) is 26.4 Å². The fourth-order valence-electron chi connectivity index (χ4n) is 5.83.